The minimum absolute atomic E-state index is 0.132. The zero-order valence-corrected chi connectivity index (χ0v) is 16.1. The van der Waals surface area contributed by atoms with E-state index in [1.807, 2.05) is 30.3 Å². The van der Waals surface area contributed by atoms with Crippen molar-refractivity contribution in [1.29, 1.82) is 0 Å². The van der Waals surface area contributed by atoms with E-state index in [9.17, 15) is 19.5 Å². The highest BCUT2D eigenvalue weighted by atomic mass is 16.3. The molecule has 0 spiro atoms. The van der Waals surface area contributed by atoms with Crippen molar-refractivity contribution in [2.75, 3.05) is 0 Å². The van der Waals surface area contributed by atoms with Crippen molar-refractivity contribution in [2.24, 2.45) is 5.92 Å². The Morgan fingerprint density at radius 3 is 2.76 bits per heavy atom. The number of aromatic nitrogens is 2. The molecule has 0 aliphatic heterocycles. The van der Waals surface area contributed by atoms with Gasteiger partial charge in [0.05, 0.1) is 24.4 Å². The Bertz CT molecular complexity index is 955. The zero-order chi connectivity index (χ0) is 20.8. The Morgan fingerprint density at radius 2 is 2.03 bits per heavy atom. The fourth-order valence-electron chi connectivity index (χ4n) is 3.41. The lowest BCUT2D eigenvalue weighted by molar-refractivity contribution is -0.125. The van der Waals surface area contributed by atoms with Gasteiger partial charge in [-0.1, -0.05) is 30.3 Å². The lowest BCUT2D eigenvalue weighted by atomic mass is 10.1. The minimum atomic E-state index is -0.792. The number of hydrogen-bond donors (Lipinski definition) is 4. The minimum Gasteiger partial charge on any atom is -0.391 e. The quantitative estimate of drug-likeness (QED) is 0.534. The highest BCUT2D eigenvalue weighted by molar-refractivity contribution is 5.92. The maximum atomic E-state index is 12.4. The Morgan fingerprint density at radius 1 is 1.28 bits per heavy atom. The fourth-order valence-corrected chi connectivity index (χ4v) is 3.41. The molecular formula is C21H24N4O4. The molecule has 0 unspecified atom stereocenters. The van der Waals surface area contributed by atoms with E-state index in [2.05, 4.69) is 20.6 Å². The summed E-state index contributed by atoms with van der Waals surface area (Å²) in [6.07, 6.45) is 2.92. The fraction of sp³-hybridized carbons (Fsp3) is 0.333. The average molecular weight is 396 g/mol. The van der Waals surface area contributed by atoms with Crippen molar-refractivity contribution < 1.29 is 14.7 Å². The molecule has 4 N–H and O–H groups in total. The summed E-state index contributed by atoms with van der Waals surface area (Å²) in [4.78, 5) is 42.7. The van der Waals surface area contributed by atoms with Crippen molar-refractivity contribution in [3.63, 3.8) is 0 Å². The van der Waals surface area contributed by atoms with Gasteiger partial charge >= 0.3 is 0 Å². The van der Waals surface area contributed by atoms with E-state index >= 15 is 0 Å². The SMILES string of the molecule is Cc1nc(CNC(=O)[C@@H]2C[C@@H](O)[C@H](NC(=O)/C=C/c3ccccc3)C2)cc(=O)[nH]1. The predicted molar refractivity (Wildman–Crippen MR) is 108 cm³/mol. The molecule has 8 heteroatoms. The Kier molecular flexibility index (Phi) is 6.56. The third-order valence-corrected chi connectivity index (χ3v) is 4.81. The maximum absolute atomic E-state index is 12.4. The molecule has 3 rings (SSSR count). The first-order valence-electron chi connectivity index (χ1n) is 9.47. The Labute approximate surface area is 168 Å². The van der Waals surface area contributed by atoms with Gasteiger partial charge in [0.15, 0.2) is 0 Å². The third kappa shape index (κ3) is 5.86. The summed E-state index contributed by atoms with van der Waals surface area (Å²) in [6.45, 7) is 1.80. The monoisotopic (exact) mass is 396 g/mol. The molecule has 2 amide bonds. The number of carbonyl (C=O) groups excluding carboxylic acids is 2. The number of aryl methyl sites for hydroxylation is 1. The molecule has 1 fully saturated rings. The van der Waals surface area contributed by atoms with Crippen molar-refractivity contribution in [3.8, 4) is 0 Å². The van der Waals surface area contributed by atoms with Crippen LogP contribution in [0, 0.1) is 12.8 Å². The van der Waals surface area contributed by atoms with Crippen LogP contribution in [0.15, 0.2) is 47.3 Å². The normalized spacial score (nSPS) is 21.2. The second kappa shape index (κ2) is 9.29. The second-order valence-electron chi connectivity index (χ2n) is 7.13. The van der Waals surface area contributed by atoms with E-state index in [4.69, 9.17) is 0 Å². The first kappa shape index (κ1) is 20.5. The lowest BCUT2D eigenvalue weighted by Gasteiger charge is -2.15. The molecule has 3 atom stereocenters. The van der Waals surface area contributed by atoms with Crippen LogP contribution in [0.1, 0.15) is 29.9 Å². The molecule has 2 aromatic rings. The molecule has 0 radical (unpaired) electrons. The zero-order valence-electron chi connectivity index (χ0n) is 16.1. The Balaban J connectivity index is 1.50. The van der Waals surface area contributed by atoms with Gasteiger partial charge < -0.3 is 20.7 Å². The summed E-state index contributed by atoms with van der Waals surface area (Å²) >= 11 is 0. The first-order valence-corrected chi connectivity index (χ1v) is 9.47. The highest BCUT2D eigenvalue weighted by Crippen LogP contribution is 2.26. The highest BCUT2D eigenvalue weighted by Gasteiger charge is 2.37. The summed E-state index contributed by atoms with van der Waals surface area (Å²) in [5.74, 6) is -0.497. The number of aliphatic hydroxyl groups excluding tert-OH is 1. The van der Waals surface area contributed by atoms with E-state index in [0.717, 1.165) is 5.56 Å². The van der Waals surface area contributed by atoms with E-state index in [-0.39, 0.29) is 30.3 Å². The van der Waals surface area contributed by atoms with Gasteiger partial charge in [0, 0.05) is 18.1 Å². The molecule has 1 aliphatic carbocycles. The lowest BCUT2D eigenvalue weighted by Crippen LogP contribution is -2.39. The van der Waals surface area contributed by atoms with Crippen molar-refractivity contribution >= 4 is 17.9 Å². The number of rotatable bonds is 6. The number of aromatic amines is 1. The topological polar surface area (TPSA) is 124 Å². The molecule has 1 heterocycles. The molecule has 0 bridgehead atoms. The molecule has 29 heavy (non-hydrogen) atoms. The first-order chi connectivity index (χ1) is 13.9. The van der Waals surface area contributed by atoms with Crippen LogP contribution in [-0.2, 0) is 16.1 Å². The van der Waals surface area contributed by atoms with E-state index in [1.165, 1.54) is 12.1 Å². The standard InChI is InChI=1S/C21H24N4O4/c1-13-23-16(11-20(28)24-13)12-22-21(29)15-9-17(18(26)10-15)25-19(27)8-7-14-5-3-2-4-6-14/h2-8,11,15,17-18,26H,9-10,12H2,1H3,(H,22,29)(H,25,27)(H,23,24,28)/b8-7+/t15-,17+,18+/m0/s1. The molecule has 1 aromatic carbocycles. The summed E-state index contributed by atoms with van der Waals surface area (Å²) in [5.41, 5.74) is 1.09. The molecule has 152 valence electrons. The third-order valence-electron chi connectivity index (χ3n) is 4.81. The van der Waals surface area contributed by atoms with Gasteiger partial charge in [-0.05, 0) is 31.4 Å². The molecule has 0 saturated heterocycles. The number of carbonyl (C=O) groups is 2. The number of benzene rings is 1. The molecule has 1 saturated carbocycles. The van der Waals surface area contributed by atoms with Gasteiger partial charge in [0.2, 0.25) is 11.8 Å². The van der Waals surface area contributed by atoms with Crippen molar-refractivity contribution in [1.82, 2.24) is 20.6 Å². The summed E-state index contributed by atoms with van der Waals surface area (Å²) in [7, 11) is 0. The summed E-state index contributed by atoms with van der Waals surface area (Å²) < 4.78 is 0. The smallest absolute Gasteiger partial charge is 0.251 e. The van der Waals surface area contributed by atoms with E-state index in [0.29, 0.717) is 17.9 Å². The van der Waals surface area contributed by atoms with Crippen molar-refractivity contribution in [3.05, 3.63) is 69.9 Å². The van der Waals surface area contributed by atoms with Gasteiger partial charge in [0.1, 0.15) is 5.82 Å². The van der Waals surface area contributed by atoms with Gasteiger partial charge in [-0.15, -0.1) is 0 Å². The van der Waals surface area contributed by atoms with E-state index < -0.39 is 18.1 Å². The molecule has 1 aromatic heterocycles. The van der Waals surface area contributed by atoms with Crippen LogP contribution in [0.3, 0.4) is 0 Å². The number of aliphatic hydroxyl groups is 1. The number of H-pyrrole nitrogens is 1. The second-order valence-corrected chi connectivity index (χ2v) is 7.13. The average Bonchev–Trinajstić information content (AvgIpc) is 3.05. The Hall–Kier alpha value is -3.26. The largest absolute Gasteiger partial charge is 0.391 e. The van der Waals surface area contributed by atoms with Gasteiger partial charge in [-0.25, -0.2) is 4.98 Å². The van der Waals surface area contributed by atoms with Crippen LogP contribution >= 0.6 is 0 Å². The summed E-state index contributed by atoms with van der Waals surface area (Å²) in [6, 6.07) is 10.3. The van der Waals surface area contributed by atoms with Crippen LogP contribution in [0.4, 0.5) is 0 Å². The van der Waals surface area contributed by atoms with Gasteiger partial charge in [-0.3, -0.25) is 14.4 Å². The maximum Gasteiger partial charge on any atom is 0.251 e. The van der Waals surface area contributed by atoms with Crippen LogP contribution in [0.25, 0.3) is 6.08 Å². The van der Waals surface area contributed by atoms with Crippen molar-refractivity contribution in [2.45, 2.75) is 38.5 Å². The number of hydrogen-bond acceptors (Lipinski definition) is 5. The summed E-state index contributed by atoms with van der Waals surface area (Å²) in [5, 5.41) is 15.7. The number of nitrogens with one attached hydrogen (secondary N) is 3. The van der Waals surface area contributed by atoms with Crippen LogP contribution < -0.4 is 16.2 Å². The van der Waals surface area contributed by atoms with Gasteiger partial charge in [0.25, 0.3) is 5.56 Å². The van der Waals surface area contributed by atoms with Gasteiger partial charge in [-0.2, -0.15) is 0 Å². The number of amides is 2. The van der Waals surface area contributed by atoms with Crippen LogP contribution in [0.2, 0.25) is 0 Å². The van der Waals surface area contributed by atoms with E-state index in [1.54, 1.807) is 13.0 Å². The predicted octanol–water partition coefficient (Wildman–Crippen LogP) is 0.664. The molecular weight excluding hydrogens is 372 g/mol. The molecule has 1 aliphatic rings. The number of nitrogens with zero attached hydrogens (tertiary/aromatic N) is 1. The van der Waals surface area contributed by atoms with Crippen LogP contribution in [0.5, 0.6) is 0 Å². The molecule has 8 nitrogen and oxygen atoms in total. The van der Waals surface area contributed by atoms with Crippen LogP contribution in [-0.4, -0.2) is 39.0 Å².